The zero-order valence-electron chi connectivity index (χ0n) is 19.9. The van der Waals surface area contributed by atoms with Crippen molar-refractivity contribution in [1.82, 2.24) is 0 Å². The molecule has 4 aliphatic carbocycles. The quantitative estimate of drug-likeness (QED) is 0.543. The Bertz CT molecular complexity index is 583. The third-order valence-electron chi connectivity index (χ3n) is 11.0. The van der Waals surface area contributed by atoms with Crippen LogP contribution in [0.3, 0.4) is 0 Å². The highest BCUT2D eigenvalue weighted by Crippen LogP contribution is 2.68. The molecule has 2 heteroatoms. The van der Waals surface area contributed by atoms with E-state index < -0.39 is 5.60 Å². The summed E-state index contributed by atoms with van der Waals surface area (Å²) in [6.45, 7) is 11.8. The summed E-state index contributed by atoms with van der Waals surface area (Å²) < 4.78 is 0. The number of fused-ring (bicyclic) bond motifs is 5. The summed E-state index contributed by atoms with van der Waals surface area (Å²) in [6, 6.07) is 0. The van der Waals surface area contributed by atoms with Gasteiger partial charge in [0.25, 0.3) is 0 Å². The normalized spacial score (nSPS) is 51.6. The van der Waals surface area contributed by atoms with Gasteiger partial charge >= 0.3 is 0 Å². The van der Waals surface area contributed by atoms with Crippen molar-refractivity contribution < 1.29 is 10.2 Å². The molecule has 29 heavy (non-hydrogen) atoms. The highest BCUT2D eigenvalue weighted by atomic mass is 16.3. The van der Waals surface area contributed by atoms with E-state index in [1.54, 1.807) is 0 Å². The third kappa shape index (κ3) is 3.84. The van der Waals surface area contributed by atoms with E-state index in [0.717, 1.165) is 54.8 Å². The van der Waals surface area contributed by atoms with Gasteiger partial charge in [0.2, 0.25) is 0 Å². The monoisotopic (exact) mass is 404 g/mol. The smallest absolute Gasteiger partial charge is 0.0622 e. The molecular weight excluding hydrogens is 356 g/mol. The Hall–Kier alpha value is -0.0800. The van der Waals surface area contributed by atoms with Gasteiger partial charge in [0.15, 0.2) is 0 Å². The van der Waals surface area contributed by atoms with Gasteiger partial charge in [-0.3, -0.25) is 0 Å². The molecule has 0 aromatic carbocycles. The molecule has 0 radical (unpaired) electrons. The fourth-order valence-electron chi connectivity index (χ4n) is 9.34. The third-order valence-corrected chi connectivity index (χ3v) is 11.0. The molecule has 0 aromatic heterocycles. The first-order chi connectivity index (χ1) is 13.6. The second-order valence-electron chi connectivity index (χ2n) is 12.8. The zero-order valence-corrected chi connectivity index (χ0v) is 19.9. The van der Waals surface area contributed by atoms with E-state index >= 15 is 0 Å². The largest absolute Gasteiger partial charge is 0.393 e. The molecular formula is C27H48O2. The number of aliphatic hydroxyl groups excluding tert-OH is 1. The summed E-state index contributed by atoms with van der Waals surface area (Å²) in [5.41, 5.74) is 0.613. The van der Waals surface area contributed by atoms with Crippen molar-refractivity contribution in [3.63, 3.8) is 0 Å². The first-order valence-electron chi connectivity index (χ1n) is 13.0. The van der Waals surface area contributed by atoms with Crippen LogP contribution in [0, 0.1) is 46.3 Å². The summed E-state index contributed by atoms with van der Waals surface area (Å²) in [4.78, 5) is 0. The predicted octanol–water partition coefficient (Wildman–Crippen LogP) is 6.58. The van der Waals surface area contributed by atoms with Crippen molar-refractivity contribution in [3.05, 3.63) is 0 Å². The van der Waals surface area contributed by atoms with Crippen molar-refractivity contribution in [2.75, 3.05) is 0 Å². The van der Waals surface area contributed by atoms with Gasteiger partial charge in [0.05, 0.1) is 11.7 Å². The lowest BCUT2D eigenvalue weighted by atomic mass is 9.43. The molecule has 0 heterocycles. The van der Waals surface area contributed by atoms with Gasteiger partial charge in [0, 0.05) is 0 Å². The molecule has 0 spiro atoms. The van der Waals surface area contributed by atoms with E-state index in [2.05, 4.69) is 27.7 Å². The maximum Gasteiger partial charge on any atom is 0.0622 e. The van der Waals surface area contributed by atoms with Crippen LogP contribution in [0.15, 0.2) is 0 Å². The number of aliphatic hydroxyl groups is 2. The molecule has 4 aliphatic rings. The average molecular weight is 405 g/mol. The minimum atomic E-state index is -0.417. The Morgan fingerprint density at radius 1 is 0.828 bits per heavy atom. The zero-order chi connectivity index (χ0) is 21.0. The molecule has 0 aromatic rings. The SMILES string of the molecule is C[C@H](O)CCC[C@@H](C)[C@H]1CC[C@H]2[C@@H]3CC[C@H]4C[C@@](C)(O)CC[C@]4(C)[C@H]3CC[C@]12C. The van der Waals surface area contributed by atoms with Crippen molar-refractivity contribution >= 4 is 0 Å². The van der Waals surface area contributed by atoms with E-state index in [1.165, 1.54) is 57.8 Å². The number of hydrogen-bond acceptors (Lipinski definition) is 2. The summed E-state index contributed by atoms with van der Waals surface area (Å²) in [5.74, 6) is 5.21. The summed E-state index contributed by atoms with van der Waals surface area (Å²) in [7, 11) is 0. The van der Waals surface area contributed by atoms with Gasteiger partial charge in [-0.2, -0.15) is 0 Å². The second kappa shape index (κ2) is 7.80. The fourth-order valence-corrected chi connectivity index (χ4v) is 9.34. The minimum Gasteiger partial charge on any atom is -0.393 e. The molecule has 2 N–H and O–H groups in total. The van der Waals surface area contributed by atoms with Gasteiger partial charge in [-0.15, -0.1) is 0 Å². The Labute approximate surface area is 180 Å². The van der Waals surface area contributed by atoms with Crippen LogP contribution in [-0.2, 0) is 0 Å². The Morgan fingerprint density at radius 2 is 1.55 bits per heavy atom. The van der Waals surface area contributed by atoms with E-state index in [0.29, 0.717) is 10.8 Å². The summed E-state index contributed by atoms with van der Waals surface area (Å²) >= 11 is 0. The lowest BCUT2D eigenvalue weighted by Gasteiger charge is -2.62. The molecule has 2 nitrogen and oxygen atoms in total. The molecule has 4 saturated carbocycles. The lowest BCUT2D eigenvalue weighted by molar-refractivity contribution is -0.148. The van der Waals surface area contributed by atoms with Gasteiger partial charge in [-0.05, 0) is 124 Å². The Kier molecular flexibility index (Phi) is 5.95. The molecule has 168 valence electrons. The maximum absolute atomic E-state index is 10.7. The van der Waals surface area contributed by atoms with Gasteiger partial charge < -0.3 is 10.2 Å². The van der Waals surface area contributed by atoms with Gasteiger partial charge in [-0.1, -0.05) is 33.6 Å². The van der Waals surface area contributed by atoms with Crippen LogP contribution in [0.4, 0.5) is 0 Å². The molecule has 4 fully saturated rings. The number of hydrogen-bond donors (Lipinski definition) is 2. The highest BCUT2D eigenvalue weighted by molar-refractivity contribution is 5.10. The molecule has 10 atom stereocenters. The standard InChI is InChI=1S/C27H48O2/c1-18(7-6-8-19(2)28)22-11-12-23-21-10-9-20-17-25(3,29)15-16-26(20,4)24(21)13-14-27(22,23)5/h18-24,28-29H,6-17H2,1-5H3/t18-,19+,20+,21+,22-,23+,24+,25+,26+,27-/m1/s1. The van der Waals surface area contributed by atoms with Crippen molar-refractivity contribution in [2.24, 2.45) is 46.3 Å². The van der Waals surface area contributed by atoms with Crippen LogP contribution >= 0.6 is 0 Å². The Balaban J connectivity index is 1.46. The van der Waals surface area contributed by atoms with Crippen molar-refractivity contribution in [3.8, 4) is 0 Å². The number of rotatable bonds is 5. The summed E-state index contributed by atoms with van der Waals surface area (Å²) in [5, 5.41) is 20.3. The van der Waals surface area contributed by atoms with Crippen LogP contribution in [0.1, 0.15) is 112 Å². The predicted molar refractivity (Wildman–Crippen MR) is 121 cm³/mol. The van der Waals surface area contributed by atoms with Crippen LogP contribution in [0.2, 0.25) is 0 Å². The average Bonchev–Trinajstić information content (AvgIpc) is 2.99. The lowest BCUT2D eigenvalue weighted by Crippen LogP contribution is -2.55. The van der Waals surface area contributed by atoms with Crippen molar-refractivity contribution in [1.29, 1.82) is 0 Å². The second-order valence-corrected chi connectivity index (χ2v) is 12.8. The Morgan fingerprint density at radius 3 is 2.28 bits per heavy atom. The first kappa shape index (κ1) is 22.1. The van der Waals surface area contributed by atoms with Crippen LogP contribution in [0.5, 0.6) is 0 Å². The minimum absolute atomic E-state index is 0.142. The van der Waals surface area contributed by atoms with E-state index in [4.69, 9.17) is 0 Å². The van der Waals surface area contributed by atoms with Crippen LogP contribution in [0.25, 0.3) is 0 Å². The van der Waals surface area contributed by atoms with Crippen LogP contribution in [-0.4, -0.2) is 21.9 Å². The van der Waals surface area contributed by atoms with Gasteiger partial charge in [0.1, 0.15) is 0 Å². The molecule has 0 saturated heterocycles. The van der Waals surface area contributed by atoms with E-state index in [9.17, 15) is 10.2 Å². The molecule has 0 amide bonds. The summed E-state index contributed by atoms with van der Waals surface area (Å²) in [6.07, 6.45) is 15.1. The highest BCUT2D eigenvalue weighted by Gasteiger charge is 2.61. The topological polar surface area (TPSA) is 40.5 Å². The van der Waals surface area contributed by atoms with E-state index in [1.807, 2.05) is 6.92 Å². The molecule has 0 bridgehead atoms. The maximum atomic E-state index is 10.7. The van der Waals surface area contributed by atoms with Gasteiger partial charge in [-0.25, -0.2) is 0 Å². The van der Waals surface area contributed by atoms with E-state index in [-0.39, 0.29) is 6.10 Å². The first-order valence-corrected chi connectivity index (χ1v) is 13.0. The van der Waals surface area contributed by atoms with Crippen molar-refractivity contribution in [2.45, 2.75) is 123 Å². The fraction of sp³-hybridized carbons (Fsp3) is 1.00. The van der Waals surface area contributed by atoms with Crippen LogP contribution < -0.4 is 0 Å². The molecule has 0 aliphatic heterocycles. The molecule has 0 unspecified atom stereocenters. The molecule has 4 rings (SSSR count).